The van der Waals surface area contributed by atoms with E-state index in [0.717, 1.165) is 45.2 Å². The van der Waals surface area contributed by atoms with E-state index >= 15 is 0 Å². The van der Waals surface area contributed by atoms with Crippen LogP contribution in [0.15, 0.2) is 53.5 Å². The normalized spacial score (nSPS) is 14.5. The number of unbranched alkanes of at least 4 members (excludes halogenated alkanes) is 2. The van der Waals surface area contributed by atoms with Gasteiger partial charge in [0, 0.05) is 20.0 Å². The molecule has 79 heavy (non-hydrogen) atoms. The molecule has 442 valence electrons. The Hall–Kier alpha value is -7.77. The van der Waals surface area contributed by atoms with Gasteiger partial charge in [0.25, 0.3) is 5.91 Å². The van der Waals surface area contributed by atoms with Crippen LogP contribution in [0.25, 0.3) is 0 Å². The van der Waals surface area contributed by atoms with Gasteiger partial charge in [-0.3, -0.25) is 43.6 Å². The number of carboxylic acids is 3. The number of nitrogens with two attached hydrogens (primary N) is 3. The number of rotatable bonds is 21. The Kier molecular flexibility index (Phi) is 29.4. The molecule has 3 atom stereocenters. The summed E-state index contributed by atoms with van der Waals surface area (Å²) in [5, 5.41) is 35.3. The van der Waals surface area contributed by atoms with Gasteiger partial charge in [-0.1, -0.05) is 37.1 Å². The topological polar surface area (TPSA) is 371 Å². The Morgan fingerprint density at radius 2 is 1.20 bits per heavy atom. The second-order valence-corrected chi connectivity index (χ2v) is 17.4. The van der Waals surface area contributed by atoms with Crippen LogP contribution < -0.4 is 48.7 Å². The number of benzene rings is 2. The molecule has 0 radical (unpaired) electrons. The van der Waals surface area contributed by atoms with Crippen molar-refractivity contribution in [1.29, 1.82) is 0 Å². The van der Waals surface area contributed by atoms with Crippen LogP contribution in [0.5, 0.6) is 0 Å². The van der Waals surface area contributed by atoms with Crippen molar-refractivity contribution < 1.29 is 98.0 Å². The van der Waals surface area contributed by atoms with Gasteiger partial charge in [0.05, 0.1) is 29.2 Å². The third kappa shape index (κ3) is 26.9. The predicted octanol–water partition coefficient (Wildman–Crippen LogP) is 3.49. The average molecular weight is 1150 g/mol. The first-order valence-corrected chi connectivity index (χ1v) is 24.1. The van der Waals surface area contributed by atoms with E-state index in [2.05, 4.69) is 36.5 Å². The van der Waals surface area contributed by atoms with E-state index in [1.165, 1.54) is 13.8 Å². The number of hydrogen-bond donors (Lipinski definition) is 11. The SMILES string of the molecule is CC(=O)N[C@@H](CCCCN)C(=O)N[C@@H](C)C(=O)N[C@@H](CCCN=C(N)N)C(=O)NCCCCC1CCN(CC(=O)N2c3ccccc3NC(=O)c3ccccc32)CC1.O=C(O)C(F)(F)F.O=C(O)C(F)(F)F.O=C(O)C(F)(F)F. The molecule has 6 amide bonds. The molecule has 14 N–H and O–H groups in total. The number of piperidine rings is 1. The van der Waals surface area contributed by atoms with Crippen molar-refractivity contribution in [3.8, 4) is 0 Å². The minimum atomic E-state index is -5.08. The van der Waals surface area contributed by atoms with Crippen molar-refractivity contribution in [1.82, 2.24) is 26.2 Å². The van der Waals surface area contributed by atoms with Crippen molar-refractivity contribution in [3.63, 3.8) is 0 Å². The lowest BCUT2D eigenvalue weighted by Crippen LogP contribution is -2.55. The standard InChI is InChI=1S/C41H61N11O6.3C2HF3O2/c1-27(47-40(58)33(48-28(2)53)15-7-9-21-42)37(55)50-32(16-11-23-46-41(43)44)39(57)45-22-10-8-12-29-19-24-51(25-20-29)26-36(54)52-34-17-5-3-13-30(34)38(56)49-31-14-4-6-18-35(31)52;3*3-2(4,5)1(6)7/h3-6,13-14,17-18,27,29,32-33H,7-12,15-16,19-26,42H2,1-2H3,(H,45,57)(H,47,58)(H,48,53)(H,49,56)(H,50,55)(H4,43,44,46);3*(H,6,7)/t27-,32-,33-;;;/m0.../s1. The summed E-state index contributed by atoms with van der Waals surface area (Å²) in [6.07, 6.45) is -8.31. The highest BCUT2D eigenvalue weighted by Crippen LogP contribution is 2.38. The Morgan fingerprint density at radius 1 is 0.696 bits per heavy atom. The number of anilines is 3. The molecule has 2 heterocycles. The quantitative estimate of drug-likeness (QED) is 0.0369. The zero-order valence-corrected chi connectivity index (χ0v) is 42.7. The van der Waals surface area contributed by atoms with E-state index in [1.807, 2.05) is 24.3 Å². The molecule has 2 aromatic rings. The maximum absolute atomic E-state index is 13.9. The highest BCUT2D eigenvalue weighted by Gasteiger charge is 2.40. The number of nitrogens with one attached hydrogen (secondary N) is 5. The summed E-state index contributed by atoms with van der Waals surface area (Å²) in [6, 6.07) is 11.8. The molecular formula is C47H64F9N11O12. The number of aliphatic carboxylic acids is 3. The molecule has 32 heteroatoms. The molecule has 0 aliphatic carbocycles. The second-order valence-electron chi connectivity index (χ2n) is 17.4. The number of carboxylic acid groups (broad SMARTS) is 3. The number of para-hydroxylation sites is 3. The van der Waals surface area contributed by atoms with Crippen LogP contribution in [0.2, 0.25) is 0 Å². The lowest BCUT2D eigenvalue weighted by molar-refractivity contribution is -0.193. The van der Waals surface area contributed by atoms with Gasteiger partial charge in [0.2, 0.25) is 29.5 Å². The van der Waals surface area contributed by atoms with Gasteiger partial charge in [0.15, 0.2) is 5.96 Å². The largest absolute Gasteiger partial charge is 0.490 e. The first kappa shape index (κ1) is 69.2. The zero-order valence-electron chi connectivity index (χ0n) is 42.7. The van der Waals surface area contributed by atoms with Crippen LogP contribution >= 0.6 is 0 Å². The number of likely N-dealkylation sites (tertiary alicyclic amines) is 1. The maximum Gasteiger partial charge on any atom is 0.490 e. The molecule has 0 saturated carbocycles. The Bertz CT molecular complexity index is 2340. The summed E-state index contributed by atoms with van der Waals surface area (Å²) in [7, 11) is 0. The third-order valence-electron chi connectivity index (χ3n) is 11.1. The van der Waals surface area contributed by atoms with Crippen molar-refractivity contribution in [3.05, 3.63) is 54.1 Å². The fourth-order valence-corrected chi connectivity index (χ4v) is 7.27. The van der Waals surface area contributed by atoms with Crippen LogP contribution in [0.1, 0.15) is 88.4 Å². The number of hydrogen-bond acceptors (Lipinski definition) is 12. The molecule has 0 bridgehead atoms. The minimum absolute atomic E-state index is 0.0673. The summed E-state index contributed by atoms with van der Waals surface area (Å²) in [5.41, 5.74) is 18.7. The van der Waals surface area contributed by atoms with Gasteiger partial charge < -0.3 is 59.1 Å². The number of fused-ring (bicyclic) bond motifs is 2. The molecule has 2 aromatic carbocycles. The molecule has 1 saturated heterocycles. The monoisotopic (exact) mass is 1150 g/mol. The van der Waals surface area contributed by atoms with E-state index in [0.29, 0.717) is 67.3 Å². The maximum atomic E-state index is 13.9. The lowest BCUT2D eigenvalue weighted by atomic mass is 9.91. The van der Waals surface area contributed by atoms with Crippen LogP contribution in [0.3, 0.4) is 0 Å². The Balaban J connectivity index is 0.00000125. The van der Waals surface area contributed by atoms with Crippen LogP contribution in [-0.4, -0.2) is 155 Å². The number of alkyl halides is 9. The highest BCUT2D eigenvalue weighted by atomic mass is 19.4. The van der Waals surface area contributed by atoms with Gasteiger partial charge in [-0.25, -0.2) is 14.4 Å². The van der Waals surface area contributed by atoms with Crippen molar-refractivity contribution in [2.24, 2.45) is 28.1 Å². The van der Waals surface area contributed by atoms with Crippen molar-refractivity contribution >= 4 is 76.4 Å². The molecular weight excluding hydrogens is 1080 g/mol. The van der Waals surface area contributed by atoms with Gasteiger partial charge >= 0.3 is 36.4 Å². The minimum Gasteiger partial charge on any atom is -0.475 e. The highest BCUT2D eigenvalue weighted by molar-refractivity contribution is 6.18. The molecule has 0 unspecified atom stereocenters. The fraction of sp³-hybridized carbons (Fsp3) is 0.532. The summed E-state index contributed by atoms with van der Waals surface area (Å²) in [4.78, 5) is 112. The molecule has 0 aromatic heterocycles. The smallest absolute Gasteiger partial charge is 0.475 e. The predicted molar refractivity (Wildman–Crippen MR) is 265 cm³/mol. The fourth-order valence-electron chi connectivity index (χ4n) is 7.27. The number of aliphatic imine (C=N–C) groups is 1. The van der Waals surface area contributed by atoms with Gasteiger partial charge in [-0.2, -0.15) is 39.5 Å². The average Bonchev–Trinajstić information content (AvgIpc) is 3.55. The number of carbonyl (C=O) groups excluding carboxylic acids is 6. The molecule has 2 aliphatic rings. The summed E-state index contributed by atoms with van der Waals surface area (Å²) < 4.78 is 95.2. The van der Waals surface area contributed by atoms with E-state index in [4.69, 9.17) is 46.9 Å². The van der Waals surface area contributed by atoms with Crippen LogP contribution in [0, 0.1) is 5.92 Å². The second kappa shape index (κ2) is 33.5. The van der Waals surface area contributed by atoms with E-state index in [9.17, 15) is 68.3 Å². The van der Waals surface area contributed by atoms with E-state index in [1.54, 1.807) is 29.2 Å². The molecule has 1 fully saturated rings. The van der Waals surface area contributed by atoms with Crippen LogP contribution in [-0.2, 0) is 38.4 Å². The zero-order chi connectivity index (χ0) is 60.3. The van der Waals surface area contributed by atoms with Gasteiger partial charge in [-0.15, -0.1) is 0 Å². The summed E-state index contributed by atoms with van der Waals surface area (Å²) >= 11 is 0. The van der Waals surface area contributed by atoms with E-state index in [-0.39, 0.29) is 49.1 Å². The third-order valence-corrected chi connectivity index (χ3v) is 11.1. The van der Waals surface area contributed by atoms with Gasteiger partial charge in [0.1, 0.15) is 18.1 Å². The first-order chi connectivity index (χ1) is 36.7. The number of carbonyl (C=O) groups is 9. The van der Waals surface area contributed by atoms with Gasteiger partial charge in [-0.05, 0) is 108 Å². The number of nitrogens with zero attached hydrogens (tertiary/aromatic N) is 3. The molecule has 23 nitrogen and oxygen atoms in total. The lowest BCUT2D eigenvalue weighted by Gasteiger charge is -2.33. The number of halogens is 9. The molecule has 2 aliphatic heterocycles. The Labute approximate surface area is 446 Å². The number of guanidine groups is 1. The summed E-state index contributed by atoms with van der Waals surface area (Å²) in [6.45, 7) is 5.80. The van der Waals surface area contributed by atoms with Crippen molar-refractivity contribution in [2.45, 2.75) is 115 Å². The number of amides is 6. The van der Waals surface area contributed by atoms with Crippen molar-refractivity contribution in [2.75, 3.05) is 49.5 Å². The van der Waals surface area contributed by atoms with Crippen LogP contribution in [0.4, 0.5) is 56.6 Å². The van der Waals surface area contributed by atoms with E-state index < -0.39 is 66.4 Å². The first-order valence-electron chi connectivity index (χ1n) is 24.1. The molecule has 0 spiro atoms. The Morgan fingerprint density at radius 3 is 1.72 bits per heavy atom. The summed E-state index contributed by atoms with van der Waals surface area (Å²) in [5.74, 6) is -9.93. The molecule has 4 rings (SSSR count).